The van der Waals surface area contributed by atoms with Gasteiger partial charge in [-0.15, -0.1) is 0 Å². The van der Waals surface area contributed by atoms with Gasteiger partial charge in [-0.3, -0.25) is 4.90 Å². The molecule has 1 unspecified atom stereocenters. The lowest BCUT2D eigenvalue weighted by Crippen LogP contribution is -2.14. The monoisotopic (exact) mass is 286 g/mol. The van der Waals surface area contributed by atoms with Crippen LogP contribution in [-0.2, 0) is 26.6 Å². The van der Waals surface area contributed by atoms with Gasteiger partial charge in [-0.2, -0.15) is 0 Å². The molecule has 1 aromatic heterocycles. The summed E-state index contributed by atoms with van der Waals surface area (Å²) in [5.74, 6) is 0. The summed E-state index contributed by atoms with van der Waals surface area (Å²) in [7, 11) is 2.16. The molecule has 0 saturated carbocycles. The highest BCUT2D eigenvalue weighted by atomic mass is 16.3. The molecule has 1 aliphatic rings. The molecule has 0 fully saturated rings. The molecule has 2 heterocycles. The van der Waals surface area contributed by atoms with Crippen molar-refractivity contribution in [1.82, 2.24) is 9.47 Å². The average Bonchev–Trinajstić information content (AvgIpc) is 2.95. The molecular formula is C18H26N2O. The van der Waals surface area contributed by atoms with E-state index in [1.165, 1.54) is 33.3 Å². The minimum atomic E-state index is -0.232. The van der Waals surface area contributed by atoms with Gasteiger partial charge in [0.25, 0.3) is 0 Å². The van der Waals surface area contributed by atoms with E-state index < -0.39 is 0 Å². The first-order valence-corrected chi connectivity index (χ1v) is 8.01. The van der Waals surface area contributed by atoms with E-state index in [2.05, 4.69) is 42.5 Å². The summed E-state index contributed by atoms with van der Waals surface area (Å²) in [6, 6.07) is 4.77. The van der Waals surface area contributed by atoms with E-state index in [1.807, 2.05) is 6.92 Å². The van der Waals surface area contributed by atoms with Crippen LogP contribution >= 0.6 is 0 Å². The number of nitrogens with zero attached hydrogens (tertiary/aromatic N) is 2. The largest absolute Gasteiger partial charge is 0.393 e. The Labute approximate surface area is 127 Å². The van der Waals surface area contributed by atoms with E-state index in [4.69, 9.17) is 0 Å². The Morgan fingerprint density at radius 2 is 1.90 bits per heavy atom. The maximum Gasteiger partial charge on any atom is 0.0515 e. The van der Waals surface area contributed by atoms with Crippen LogP contribution in [0.5, 0.6) is 0 Å². The molecule has 21 heavy (non-hydrogen) atoms. The normalized spacial score (nSPS) is 16.6. The van der Waals surface area contributed by atoms with Crippen LogP contribution in [0.1, 0.15) is 42.7 Å². The molecule has 3 nitrogen and oxygen atoms in total. The van der Waals surface area contributed by atoms with Gasteiger partial charge >= 0.3 is 0 Å². The highest BCUT2D eigenvalue weighted by molar-refractivity contribution is 5.87. The average molecular weight is 286 g/mol. The fourth-order valence-electron chi connectivity index (χ4n) is 3.50. The second kappa shape index (κ2) is 5.47. The zero-order chi connectivity index (χ0) is 15.1. The van der Waals surface area contributed by atoms with E-state index in [0.29, 0.717) is 0 Å². The summed E-state index contributed by atoms with van der Waals surface area (Å²) in [4.78, 5) is 2.48. The molecule has 1 N–H and O–H groups in total. The van der Waals surface area contributed by atoms with Crippen molar-refractivity contribution < 1.29 is 5.11 Å². The van der Waals surface area contributed by atoms with Gasteiger partial charge in [0, 0.05) is 36.7 Å². The van der Waals surface area contributed by atoms with Crippen LogP contribution in [0, 0.1) is 6.92 Å². The fourth-order valence-corrected chi connectivity index (χ4v) is 3.50. The molecule has 2 aromatic rings. The number of benzene rings is 1. The Balaban J connectivity index is 2.06. The number of fused-ring (bicyclic) bond motifs is 2. The maximum absolute atomic E-state index is 9.59. The Bertz CT molecular complexity index is 670. The molecule has 1 aliphatic heterocycles. The SMILES string of the molecule is CCN1Cc2cc3c(CCC(C)O)c(C)n(C)c3cc2C1. The van der Waals surface area contributed by atoms with E-state index >= 15 is 0 Å². The van der Waals surface area contributed by atoms with Crippen LogP contribution in [0.25, 0.3) is 10.9 Å². The van der Waals surface area contributed by atoms with Crippen molar-refractivity contribution in [3.8, 4) is 0 Å². The summed E-state index contributed by atoms with van der Waals surface area (Å²) < 4.78 is 2.31. The second-order valence-corrected chi connectivity index (χ2v) is 6.45. The van der Waals surface area contributed by atoms with Crippen molar-refractivity contribution in [2.75, 3.05) is 6.54 Å². The Hall–Kier alpha value is -1.32. The van der Waals surface area contributed by atoms with Crippen molar-refractivity contribution in [2.45, 2.75) is 52.8 Å². The third kappa shape index (κ3) is 2.49. The molecule has 0 saturated heterocycles. The van der Waals surface area contributed by atoms with Crippen molar-refractivity contribution in [3.05, 3.63) is 34.5 Å². The number of hydrogen-bond acceptors (Lipinski definition) is 2. The Kier molecular flexibility index (Phi) is 3.80. The standard InChI is InChI=1S/C18H26N2O/c1-5-20-10-14-8-17-16(7-6-12(2)21)13(3)19(4)18(17)9-15(14)11-20/h8-9,12,21H,5-7,10-11H2,1-4H3. The van der Waals surface area contributed by atoms with E-state index in [1.54, 1.807) is 0 Å². The van der Waals surface area contributed by atoms with Crippen LogP contribution in [-0.4, -0.2) is 27.2 Å². The predicted molar refractivity (Wildman–Crippen MR) is 87.4 cm³/mol. The van der Waals surface area contributed by atoms with Gasteiger partial charge in [0.15, 0.2) is 0 Å². The van der Waals surface area contributed by atoms with Crippen LogP contribution in [0.3, 0.4) is 0 Å². The number of hydrogen-bond donors (Lipinski definition) is 1. The molecule has 114 valence electrons. The third-order valence-corrected chi connectivity index (χ3v) is 4.99. The zero-order valence-corrected chi connectivity index (χ0v) is 13.6. The van der Waals surface area contributed by atoms with Gasteiger partial charge in [-0.25, -0.2) is 0 Å². The van der Waals surface area contributed by atoms with Gasteiger partial charge in [0.05, 0.1) is 6.10 Å². The minimum absolute atomic E-state index is 0.232. The number of aliphatic hydroxyl groups is 1. The number of aromatic nitrogens is 1. The molecule has 0 aliphatic carbocycles. The topological polar surface area (TPSA) is 28.4 Å². The number of rotatable bonds is 4. The predicted octanol–water partition coefficient (Wildman–Crippen LogP) is 3.14. The molecular weight excluding hydrogens is 260 g/mol. The Morgan fingerprint density at radius 3 is 2.52 bits per heavy atom. The molecule has 3 heteroatoms. The van der Waals surface area contributed by atoms with Crippen LogP contribution in [0.2, 0.25) is 0 Å². The first kappa shape index (κ1) is 14.6. The third-order valence-electron chi connectivity index (χ3n) is 4.99. The summed E-state index contributed by atoms with van der Waals surface area (Å²) in [5.41, 5.74) is 7.04. The molecule has 1 atom stereocenters. The highest BCUT2D eigenvalue weighted by Crippen LogP contribution is 2.32. The lowest BCUT2D eigenvalue weighted by atomic mass is 10.0. The lowest BCUT2D eigenvalue weighted by Gasteiger charge is -2.09. The summed E-state index contributed by atoms with van der Waals surface area (Å²) in [6.07, 6.45) is 1.56. The zero-order valence-electron chi connectivity index (χ0n) is 13.6. The highest BCUT2D eigenvalue weighted by Gasteiger charge is 2.21. The van der Waals surface area contributed by atoms with Gasteiger partial charge in [0.1, 0.15) is 0 Å². The quantitative estimate of drug-likeness (QED) is 0.935. The second-order valence-electron chi connectivity index (χ2n) is 6.45. The number of aliphatic hydroxyl groups excluding tert-OH is 1. The van der Waals surface area contributed by atoms with Crippen molar-refractivity contribution in [3.63, 3.8) is 0 Å². The lowest BCUT2D eigenvalue weighted by molar-refractivity contribution is 0.185. The van der Waals surface area contributed by atoms with Crippen LogP contribution < -0.4 is 0 Å². The van der Waals surface area contributed by atoms with Crippen molar-refractivity contribution >= 4 is 10.9 Å². The van der Waals surface area contributed by atoms with Gasteiger partial charge in [-0.05, 0) is 62.1 Å². The molecule has 0 spiro atoms. The van der Waals surface area contributed by atoms with Gasteiger partial charge < -0.3 is 9.67 Å². The van der Waals surface area contributed by atoms with Gasteiger partial charge in [-0.1, -0.05) is 6.92 Å². The smallest absolute Gasteiger partial charge is 0.0515 e. The van der Waals surface area contributed by atoms with E-state index in [9.17, 15) is 5.11 Å². The fraction of sp³-hybridized carbons (Fsp3) is 0.556. The van der Waals surface area contributed by atoms with Crippen molar-refractivity contribution in [1.29, 1.82) is 0 Å². The summed E-state index contributed by atoms with van der Waals surface area (Å²) in [5, 5.41) is 11.0. The van der Waals surface area contributed by atoms with Gasteiger partial charge in [0.2, 0.25) is 0 Å². The molecule has 0 bridgehead atoms. The molecule has 0 radical (unpaired) electrons. The van der Waals surface area contributed by atoms with Crippen LogP contribution in [0.15, 0.2) is 12.1 Å². The molecule has 3 rings (SSSR count). The van der Waals surface area contributed by atoms with E-state index in [0.717, 1.165) is 32.5 Å². The molecule has 1 aromatic carbocycles. The summed E-state index contributed by atoms with van der Waals surface area (Å²) >= 11 is 0. The maximum atomic E-state index is 9.59. The number of aryl methyl sites for hydroxylation is 2. The van der Waals surface area contributed by atoms with Crippen molar-refractivity contribution in [2.24, 2.45) is 7.05 Å². The minimum Gasteiger partial charge on any atom is -0.393 e. The van der Waals surface area contributed by atoms with E-state index in [-0.39, 0.29) is 6.10 Å². The summed E-state index contributed by atoms with van der Waals surface area (Å²) in [6.45, 7) is 9.56. The van der Waals surface area contributed by atoms with Crippen LogP contribution in [0.4, 0.5) is 0 Å². The first-order valence-electron chi connectivity index (χ1n) is 8.01. The Morgan fingerprint density at radius 1 is 1.24 bits per heavy atom. The molecule has 0 amide bonds. The first-order chi connectivity index (χ1) is 10.0.